The summed E-state index contributed by atoms with van der Waals surface area (Å²) in [6.45, 7) is 0.590. The number of rotatable bonds is 1. The Morgan fingerprint density at radius 3 is 2.21 bits per heavy atom. The summed E-state index contributed by atoms with van der Waals surface area (Å²) in [6.07, 6.45) is -3.55. The molecule has 0 aromatic heterocycles. The second-order valence-electron chi connectivity index (χ2n) is 4.55. The number of hydrogen-bond acceptors (Lipinski definition) is 1. The smallest absolute Gasteiger partial charge is 0.340 e. The van der Waals surface area contributed by atoms with Crippen LogP contribution in [0, 0.1) is 0 Å². The number of fused-ring (bicyclic) bond motifs is 1. The van der Waals surface area contributed by atoms with Crippen LogP contribution < -0.4 is 4.90 Å². The molecule has 1 aliphatic heterocycles. The summed E-state index contributed by atoms with van der Waals surface area (Å²) in [5.74, 6) is 0. The third-order valence-corrected chi connectivity index (χ3v) is 3.39. The molecule has 4 heteroatoms. The van der Waals surface area contributed by atoms with Crippen LogP contribution >= 0.6 is 0 Å². The Hall–Kier alpha value is -1.97. The molecule has 1 aliphatic rings. The Morgan fingerprint density at radius 1 is 0.842 bits per heavy atom. The predicted molar refractivity (Wildman–Crippen MR) is 68.6 cm³/mol. The van der Waals surface area contributed by atoms with Gasteiger partial charge >= 0.3 is 6.18 Å². The zero-order valence-electron chi connectivity index (χ0n) is 10.1. The van der Waals surface area contributed by atoms with E-state index in [1.54, 1.807) is 11.0 Å². The predicted octanol–water partition coefficient (Wildman–Crippen LogP) is 4.40. The SMILES string of the molecule is FC(F)(F)c1ccccc1N1CCc2ccccc21. The summed E-state index contributed by atoms with van der Waals surface area (Å²) in [5.41, 5.74) is 1.63. The molecular weight excluding hydrogens is 251 g/mol. The first kappa shape index (κ1) is 12.1. The lowest BCUT2D eigenvalue weighted by Crippen LogP contribution is -2.18. The lowest BCUT2D eigenvalue weighted by atomic mass is 10.1. The maximum Gasteiger partial charge on any atom is 0.418 e. The molecule has 0 bridgehead atoms. The van der Waals surface area contributed by atoms with Gasteiger partial charge < -0.3 is 4.90 Å². The zero-order chi connectivity index (χ0) is 13.5. The molecule has 0 spiro atoms. The maximum atomic E-state index is 13.1. The molecule has 0 N–H and O–H groups in total. The van der Waals surface area contributed by atoms with Gasteiger partial charge in [-0.3, -0.25) is 0 Å². The Kier molecular flexibility index (Phi) is 2.73. The maximum absolute atomic E-state index is 13.1. The number of benzene rings is 2. The standard InChI is InChI=1S/C15H12F3N/c16-15(17,18)12-6-2-4-8-14(12)19-10-9-11-5-1-3-7-13(11)19/h1-8H,9-10H2. The van der Waals surface area contributed by atoms with Crippen LogP contribution in [0.1, 0.15) is 11.1 Å². The van der Waals surface area contributed by atoms with Crippen molar-refractivity contribution in [3.63, 3.8) is 0 Å². The fourth-order valence-corrected chi connectivity index (χ4v) is 2.54. The highest BCUT2D eigenvalue weighted by Gasteiger charge is 2.35. The van der Waals surface area contributed by atoms with Gasteiger partial charge in [0.1, 0.15) is 0 Å². The van der Waals surface area contributed by atoms with E-state index in [9.17, 15) is 13.2 Å². The molecule has 0 fully saturated rings. The minimum Gasteiger partial charge on any atom is -0.340 e. The van der Waals surface area contributed by atoms with Crippen LogP contribution in [-0.2, 0) is 12.6 Å². The molecule has 0 amide bonds. The lowest BCUT2D eigenvalue weighted by molar-refractivity contribution is -0.137. The van der Waals surface area contributed by atoms with Crippen molar-refractivity contribution in [1.29, 1.82) is 0 Å². The van der Waals surface area contributed by atoms with Crippen LogP contribution in [0.4, 0.5) is 24.5 Å². The third kappa shape index (κ3) is 2.07. The average molecular weight is 263 g/mol. The van der Waals surface area contributed by atoms with Gasteiger partial charge in [0.15, 0.2) is 0 Å². The summed E-state index contributed by atoms with van der Waals surface area (Å²) in [5, 5.41) is 0. The van der Waals surface area contributed by atoms with Gasteiger partial charge in [-0.05, 0) is 30.2 Å². The van der Waals surface area contributed by atoms with Gasteiger partial charge in [-0.1, -0.05) is 30.3 Å². The van der Waals surface area contributed by atoms with E-state index in [0.29, 0.717) is 6.54 Å². The Bertz CT molecular complexity index is 604. The second kappa shape index (κ2) is 4.30. The monoisotopic (exact) mass is 263 g/mol. The molecule has 2 aromatic carbocycles. The molecule has 3 rings (SSSR count). The molecule has 1 heterocycles. The summed E-state index contributed by atoms with van der Waals surface area (Å²) >= 11 is 0. The number of hydrogen-bond donors (Lipinski definition) is 0. The van der Waals surface area contributed by atoms with Gasteiger partial charge in [0, 0.05) is 12.2 Å². The highest BCUT2D eigenvalue weighted by Crippen LogP contribution is 2.41. The molecular formula is C15H12F3N. The zero-order valence-corrected chi connectivity index (χ0v) is 10.1. The Labute approximate surface area is 109 Å². The summed E-state index contributed by atoms with van der Waals surface area (Å²) in [4.78, 5) is 1.75. The van der Waals surface area contributed by atoms with E-state index in [2.05, 4.69) is 0 Å². The van der Waals surface area contributed by atoms with Crippen molar-refractivity contribution in [2.45, 2.75) is 12.6 Å². The first-order chi connectivity index (χ1) is 9.07. The van der Waals surface area contributed by atoms with Crippen LogP contribution in [0.5, 0.6) is 0 Å². The van der Waals surface area contributed by atoms with Crippen molar-refractivity contribution >= 4 is 11.4 Å². The van der Waals surface area contributed by atoms with Crippen LogP contribution in [0.2, 0.25) is 0 Å². The third-order valence-electron chi connectivity index (χ3n) is 3.39. The van der Waals surface area contributed by atoms with Crippen LogP contribution in [0.3, 0.4) is 0 Å². The first-order valence-corrected chi connectivity index (χ1v) is 6.09. The largest absolute Gasteiger partial charge is 0.418 e. The van der Waals surface area contributed by atoms with Crippen LogP contribution in [0.25, 0.3) is 0 Å². The van der Waals surface area contributed by atoms with E-state index in [0.717, 1.165) is 23.7 Å². The summed E-state index contributed by atoms with van der Waals surface area (Å²) in [7, 11) is 0. The fourth-order valence-electron chi connectivity index (χ4n) is 2.54. The quantitative estimate of drug-likeness (QED) is 0.737. The van der Waals surface area contributed by atoms with E-state index in [-0.39, 0.29) is 5.69 Å². The summed E-state index contributed by atoms with van der Waals surface area (Å²) < 4.78 is 39.2. The highest BCUT2D eigenvalue weighted by atomic mass is 19.4. The van der Waals surface area contributed by atoms with Crippen LogP contribution in [-0.4, -0.2) is 6.54 Å². The lowest BCUT2D eigenvalue weighted by Gasteiger charge is -2.23. The van der Waals surface area contributed by atoms with E-state index in [1.807, 2.05) is 24.3 Å². The van der Waals surface area contributed by atoms with Crippen molar-refractivity contribution in [3.8, 4) is 0 Å². The Balaban J connectivity index is 2.10. The van der Waals surface area contributed by atoms with Crippen molar-refractivity contribution in [1.82, 2.24) is 0 Å². The van der Waals surface area contributed by atoms with E-state index >= 15 is 0 Å². The number of anilines is 2. The minimum atomic E-state index is -4.33. The molecule has 0 unspecified atom stereocenters. The molecule has 0 radical (unpaired) electrons. The molecule has 0 atom stereocenters. The van der Waals surface area contributed by atoms with Crippen molar-refractivity contribution in [3.05, 3.63) is 59.7 Å². The van der Waals surface area contributed by atoms with E-state index in [4.69, 9.17) is 0 Å². The summed E-state index contributed by atoms with van der Waals surface area (Å²) in [6, 6.07) is 13.3. The molecule has 0 saturated carbocycles. The average Bonchev–Trinajstić information content (AvgIpc) is 2.81. The van der Waals surface area contributed by atoms with Gasteiger partial charge in [0.05, 0.1) is 11.3 Å². The molecule has 0 saturated heterocycles. The van der Waals surface area contributed by atoms with E-state index in [1.165, 1.54) is 12.1 Å². The number of nitrogens with zero attached hydrogens (tertiary/aromatic N) is 1. The topological polar surface area (TPSA) is 3.24 Å². The van der Waals surface area contributed by atoms with Gasteiger partial charge in [-0.2, -0.15) is 13.2 Å². The first-order valence-electron chi connectivity index (χ1n) is 6.09. The van der Waals surface area contributed by atoms with Gasteiger partial charge in [0.2, 0.25) is 0 Å². The molecule has 0 aliphatic carbocycles. The molecule has 19 heavy (non-hydrogen) atoms. The number of alkyl halides is 3. The molecule has 2 aromatic rings. The van der Waals surface area contributed by atoms with Crippen LogP contribution in [0.15, 0.2) is 48.5 Å². The molecule has 98 valence electrons. The van der Waals surface area contributed by atoms with Gasteiger partial charge in [-0.15, -0.1) is 0 Å². The number of halogens is 3. The molecule has 1 nitrogen and oxygen atoms in total. The van der Waals surface area contributed by atoms with Gasteiger partial charge in [0.25, 0.3) is 0 Å². The van der Waals surface area contributed by atoms with E-state index < -0.39 is 11.7 Å². The highest BCUT2D eigenvalue weighted by molar-refractivity contribution is 5.72. The second-order valence-corrected chi connectivity index (χ2v) is 4.55. The van der Waals surface area contributed by atoms with Gasteiger partial charge in [-0.25, -0.2) is 0 Å². The van der Waals surface area contributed by atoms with Crippen molar-refractivity contribution in [2.75, 3.05) is 11.4 Å². The normalized spacial score (nSPS) is 14.6. The van der Waals surface area contributed by atoms with Crippen molar-refractivity contribution in [2.24, 2.45) is 0 Å². The number of para-hydroxylation sites is 2. The minimum absolute atomic E-state index is 0.236. The fraction of sp³-hybridized carbons (Fsp3) is 0.200. The Morgan fingerprint density at radius 2 is 1.47 bits per heavy atom. The van der Waals surface area contributed by atoms with Crippen molar-refractivity contribution < 1.29 is 13.2 Å².